The molecule has 0 spiro atoms. The highest BCUT2D eigenvalue weighted by Crippen LogP contribution is 2.14. The third-order valence-corrected chi connectivity index (χ3v) is 3.16. The Kier molecular flexibility index (Phi) is 4.79. The normalized spacial score (nSPS) is 10.8. The molecule has 0 aliphatic carbocycles. The molecule has 0 saturated carbocycles. The van der Waals surface area contributed by atoms with Crippen molar-refractivity contribution >= 4 is 23.1 Å². The van der Waals surface area contributed by atoms with E-state index in [-0.39, 0.29) is 5.56 Å². The van der Waals surface area contributed by atoms with Crippen molar-refractivity contribution in [3.05, 3.63) is 52.6 Å². The molecule has 0 saturated heterocycles. The van der Waals surface area contributed by atoms with E-state index in [0.29, 0.717) is 24.2 Å². The molecule has 1 aromatic heterocycles. The topological polar surface area (TPSA) is 46.9 Å². The lowest BCUT2D eigenvalue weighted by molar-refractivity contribution is 0.510. The maximum absolute atomic E-state index is 12.2. The van der Waals surface area contributed by atoms with Crippen molar-refractivity contribution in [2.24, 2.45) is 5.92 Å². The van der Waals surface area contributed by atoms with Crippen LogP contribution in [-0.2, 0) is 12.4 Å². The van der Waals surface area contributed by atoms with Gasteiger partial charge in [-0.25, -0.2) is 4.98 Å². The van der Waals surface area contributed by atoms with Crippen molar-refractivity contribution < 1.29 is 0 Å². The van der Waals surface area contributed by atoms with Crippen LogP contribution >= 0.6 is 11.6 Å². The number of nitrogens with zero attached hydrogens (tertiary/aromatic N) is 2. The maximum Gasteiger partial charge on any atom is 0.293 e. The summed E-state index contributed by atoms with van der Waals surface area (Å²) in [5, 5.41) is 3.05. The summed E-state index contributed by atoms with van der Waals surface area (Å²) >= 11 is 5.75. The van der Waals surface area contributed by atoms with E-state index < -0.39 is 0 Å². The molecule has 0 aliphatic heterocycles. The molecule has 2 rings (SSSR count). The Morgan fingerprint density at radius 1 is 1.30 bits per heavy atom. The Bertz CT molecular complexity index is 620. The number of hydrogen-bond donors (Lipinski definition) is 1. The first kappa shape index (κ1) is 14.6. The van der Waals surface area contributed by atoms with Crippen LogP contribution < -0.4 is 10.9 Å². The highest BCUT2D eigenvalue weighted by atomic mass is 35.5. The number of anilines is 2. The molecule has 0 fully saturated rings. The molecular weight excluding hydrogens is 274 g/mol. The second-order valence-electron chi connectivity index (χ2n) is 5.08. The van der Waals surface area contributed by atoms with Crippen LogP contribution in [0.2, 0.25) is 0 Å². The number of hydrogen-bond acceptors (Lipinski definition) is 3. The van der Waals surface area contributed by atoms with Gasteiger partial charge in [-0.1, -0.05) is 26.0 Å². The van der Waals surface area contributed by atoms with Gasteiger partial charge in [0.15, 0.2) is 5.82 Å². The SMILES string of the molecule is CC(C)Cn1ccnc(Nc2ccc(CCl)cc2)c1=O. The van der Waals surface area contributed by atoms with E-state index >= 15 is 0 Å². The van der Waals surface area contributed by atoms with Gasteiger partial charge in [0.25, 0.3) is 5.56 Å². The summed E-state index contributed by atoms with van der Waals surface area (Å²) in [5.74, 6) is 1.23. The highest BCUT2D eigenvalue weighted by Gasteiger charge is 2.06. The molecular formula is C15H18ClN3O. The third kappa shape index (κ3) is 3.61. The van der Waals surface area contributed by atoms with E-state index in [1.807, 2.05) is 24.3 Å². The largest absolute Gasteiger partial charge is 0.336 e. The molecule has 1 N–H and O–H groups in total. The number of nitrogens with one attached hydrogen (secondary N) is 1. The summed E-state index contributed by atoms with van der Waals surface area (Å²) in [4.78, 5) is 16.4. The summed E-state index contributed by atoms with van der Waals surface area (Å²) in [7, 11) is 0. The van der Waals surface area contributed by atoms with Crippen LogP contribution in [0, 0.1) is 5.92 Å². The number of alkyl halides is 1. The summed E-state index contributed by atoms with van der Waals surface area (Å²) in [6, 6.07) is 7.62. The van der Waals surface area contributed by atoms with E-state index in [2.05, 4.69) is 24.1 Å². The lowest BCUT2D eigenvalue weighted by Crippen LogP contribution is -2.24. The predicted octanol–water partition coefficient (Wildman–Crippen LogP) is 3.38. The van der Waals surface area contributed by atoms with Gasteiger partial charge in [-0.15, -0.1) is 11.6 Å². The van der Waals surface area contributed by atoms with Gasteiger partial charge < -0.3 is 9.88 Å². The number of aromatic nitrogens is 2. The zero-order valence-corrected chi connectivity index (χ0v) is 12.4. The molecule has 20 heavy (non-hydrogen) atoms. The van der Waals surface area contributed by atoms with Crippen LogP contribution in [0.3, 0.4) is 0 Å². The molecule has 0 aliphatic rings. The van der Waals surface area contributed by atoms with Gasteiger partial charge in [-0.05, 0) is 23.6 Å². The fourth-order valence-corrected chi connectivity index (χ4v) is 2.06. The Morgan fingerprint density at radius 2 is 2.00 bits per heavy atom. The summed E-state index contributed by atoms with van der Waals surface area (Å²) in [6.07, 6.45) is 3.35. The van der Waals surface area contributed by atoms with Gasteiger partial charge in [0.2, 0.25) is 0 Å². The summed E-state index contributed by atoms with van der Waals surface area (Å²) < 4.78 is 1.67. The summed E-state index contributed by atoms with van der Waals surface area (Å²) in [6.45, 7) is 4.83. The molecule has 0 unspecified atom stereocenters. The van der Waals surface area contributed by atoms with Crippen molar-refractivity contribution in [2.45, 2.75) is 26.3 Å². The molecule has 106 valence electrons. The Hall–Kier alpha value is -1.81. The fourth-order valence-electron chi connectivity index (χ4n) is 1.88. The van der Waals surface area contributed by atoms with E-state index in [9.17, 15) is 4.79 Å². The number of rotatable bonds is 5. The van der Waals surface area contributed by atoms with Crippen LogP contribution in [0.1, 0.15) is 19.4 Å². The van der Waals surface area contributed by atoms with Gasteiger partial charge in [-0.3, -0.25) is 4.79 Å². The fraction of sp³-hybridized carbons (Fsp3) is 0.333. The van der Waals surface area contributed by atoms with Gasteiger partial charge >= 0.3 is 0 Å². The predicted molar refractivity (Wildman–Crippen MR) is 82.6 cm³/mol. The average molecular weight is 292 g/mol. The van der Waals surface area contributed by atoms with Crippen LogP contribution in [-0.4, -0.2) is 9.55 Å². The lowest BCUT2D eigenvalue weighted by atomic mass is 10.2. The number of halogens is 1. The minimum atomic E-state index is -0.109. The van der Waals surface area contributed by atoms with Crippen LogP contribution in [0.5, 0.6) is 0 Å². The molecule has 0 radical (unpaired) electrons. The monoisotopic (exact) mass is 291 g/mol. The molecule has 0 atom stereocenters. The van der Waals surface area contributed by atoms with Crippen LogP contribution in [0.15, 0.2) is 41.5 Å². The van der Waals surface area contributed by atoms with E-state index in [4.69, 9.17) is 11.6 Å². The number of benzene rings is 1. The molecule has 1 aromatic carbocycles. The molecule has 2 aromatic rings. The van der Waals surface area contributed by atoms with Crippen molar-refractivity contribution in [3.63, 3.8) is 0 Å². The quantitative estimate of drug-likeness (QED) is 0.859. The van der Waals surface area contributed by atoms with Gasteiger partial charge in [0.05, 0.1) is 0 Å². The molecule has 5 heteroatoms. The maximum atomic E-state index is 12.2. The summed E-state index contributed by atoms with van der Waals surface area (Å²) in [5.41, 5.74) is 1.75. The van der Waals surface area contributed by atoms with Crippen molar-refractivity contribution in [3.8, 4) is 0 Å². The molecule has 0 bridgehead atoms. The average Bonchev–Trinajstić information content (AvgIpc) is 2.43. The lowest BCUT2D eigenvalue weighted by Gasteiger charge is -2.11. The molecule has 4 nitrogen and oxygen atoms in total. The standard InChI is InChI=1S/C15H18ClN3O/c1-11(2)10-19-8-7-17-14(15(19)20)18-13-5-3-12(9-16)4-6-13/h3-8,11H,9-10H2,1-2H3,(H,17,18). The van der Waals surface area contributed by atoms with Crippen LogP contribution in [0.25, 0.3) is 0 Å². The van der Waals surface area contributed by atoms with Gasteiger partial charge in [0.1, 0.15) is 0 Å². The van der Waals surface area contributed by atoms with Gasteiger partial charge in [0, 0.05) is 30.5 Å². The second-order valence-corrected chi connectivity index (χ2v) is 5.35. The first-order chi connectivity index (χ1) is 9.60. The molecule has 1 heterocycles. The van der Waals surface area contributed by atoms with Crippen molar-refractivity contribution in [1.82, 2.24) is 9.55 Å². The minimum absolute atomic E-state index is 0.109. The van der Waals surface area contributed by atoms with E-state index in [1.54, 1.807) is 17.0 Å². The first-order valence-electron chi connectivity index (χ1n) is 6.57. The first-order valence-corrected chi connectivity index (χ1v) is 7.11. The highest BCUT2D eigenvalue weighted by molar-refractivity contribution is 6.17. The smallest absolute Gasteiger partial charge is 0.293 e. The van der Waals surface area contributed by atoms with E-state index in [1.165, 1.54) is 0 Å². The molecule has 0 amide bonds. The zero-order chi connectivity index (χ0) is 14.5. The minimum Gasteiger partial charge on any atom is -0.336 e. The Labute approximate surface area is 123 Å². The zero-order valence-electron chi connectivity index (χ0n) is 11.6. The third-order valence-electron chi connectivity index (χ3n) is 2.85. The van der Waals surface area contributed by atoms with Crippen LogP contribution in [0.4, 0.5) is 11.5 Å². The van der Waals surface area contributed by atoms with Gasteiger partial charge in [-0.2, -0.15) is 0 Å². The van der Waals surface area contributed by atoms with E-state index in [0.717, 1.165) is 11.3 Å². The Balaban J connectivity index is 2.22. The Morgan fingerprint density at radius 3 is 2.60 bits per heavy atom. The van der Waals surface area contributed by atoms with Crippen molar-refractivity contribution in [1.29, 1.82) is 0 Å². The van der Waals surface area contributed by atoms with Crippen molar-refractivity contribution in [2.75, 3.05) is 5.32 Å². The second kappa shape index (κ2) is 6.57.